The van der Waals surface area contributed by atoms with Crippen LogP contribution < -0.4 is 14.8 Å². The van der Waals surface area contributed by atoms with Gasteiger partial charge in [-0.25, -0.2) is 9.97 Å². The summed E-state index contributed by atoms with van der Waals surface area (Å²) < 4.78 is 11.2. The lowest BCUT2D eigenvalue weighted by atomic mass is 10.2. The van der Waals surface area contributed by atoms with Crippen LogP contribution in [0.1, 0.15) is 27.7 Å². The van der Waals surface area contributed by atoms with Crippen molar-refractivity contribution in [2.75, 3.05) is 12.4 Å². The van der Waals surface area contributed by atoms with Crippen molar-refractivity contribution in [1.82, 2.24) is 15.0 Å². The van der Waals surface area contributed by atoms with Crippen molar-refractivity contribution in [2.45, 2.75) is 39.8 Å². The van der Waals surface area contributed by atoms with E-state index in [0.29, 0.717) is 17.7 Å². The number of anilines is 1. The van der Waals surface area contributed by atoms with E-state index >= 15 is 0 Å². The third-order valence-electron chi connectivity index (χ3n) is 3.36. The summed E-state index contributed by atoms with van der Waals surface area (Å²) in [6.45, 7) is 8.11. The molecule has 1 N–H and O–H groups in total. The number of thiazole rings is 1. The molecule has 7 heteroatoms. The van der Waals surface area contributed by atoms with Gasteiger partial charge in [0.25, 0.3) is 0 Å². The maximum Gasteiger partial charge on any atom is 0.225 e. The number of rotatable bonds is 6. The van der Waals surface area contributed by atoms with Crippen LogP contribution in [0.25, 0.3) is 22.4 Å². The van der Waals surface area contributed by atoms with E-state index in [1.165, 1.54) is 11.3 Å². The van der Waals surface area contributed by atoms with Crippen molar-refractivity contribution in [3.63, 3.8) is 0 Å². The molecule has 6 nitrogen and oxygen atoms in total. The van der Waals surface area contributed by atoms with Gasteiger partial charge in [0.2, 0.25) is 5.88 Å². The van der Waals surface area contributed by atoms with Gasteiger partial charge < -0.3 is 14.8 Å². The Kier molecular flexibility index (Phi) is 5.03. The molecule has 0 atom stereocenters. The van der Waals surface area contributed by atoms with Crippen molar-refractivity contribution in [3.8, 4) is 23.1 Å². The number of methoxy groups -OCH3 is 1. The minimum absolute atomic E-state index is 0.0154. The average molecular weight is 358 g/mol. The Hall–Kier alpha value is -2.41. The SMILES string of the molecule is COc1ccc2c(OC(C)C)nc(-c3csc(NC(C)C)n3)nc2c1. The second-order valence-electron chi connectivity index (χ2n) is 6.24. The average Bonchev–Trinajstić information content (AvgIpc) is 3.01. The minimum Gasteiger partial charge on any atom is -0.497 e. The quantitative estimate of drug-likeness (QED) is 0.706. The van der Waals surface area contributed by atoms with Crippen molar-refractivity contribution < 1.29 is 9.47 Å². The monoisotopic (exact) mass is 358 g/mol. The second-order valence-corrected chi connectivity index (χ2v) is 7.10. The number of ether oxygens (including phenoxy) is 2. The smallest absolute Gasteiger partial charge is 0.225 e. The van der Waals surface area contributed by atoms with Gasteiger partial charge in [-0.3, -0.25) is 0 Å². The fraction of sp³-hybridized carbons (Fsp3) is 0.389. The third kappa shape index (κ3) is 3.99. The molecular weight excluding hydrogens is 336 g/mol. The summed E-state index contributed by atoms with van der Waals surface area (Å²) in [5.41, 5.74) is 1.50. The second kappa shape index (κ2) is 7.23. The lowest BCUT2D eigenvalue weighted by Gasteiger charge is -2.12. The molecule has 0 aliphatic rings. The van der Waals surface area contributed by atoms with Gasteiger partial charge in [0.1, 0.15) is 11.4 Å². The summed E-state index contributed by atoms with van der Waals surface area (Å²) in [4.78, 5) is 13.8. The van der Waals surface area contributed by atoms with E-state index in [0.717, 1.165) is 27.5 Å². The van der Waals surface area contributed by atoms with Gasteiger partial charge in [0.15, 0.2) is 11.0 Å². The lowest BCUT2D eigenvalue weighted by molar-refractivity contribution is 0.236. The molecule has 0 spiro atoms. The van der Waals surface area contributed by atoms with E-state index in [4.69, 9.17) is 9.47 Å². The number of hydrogen-bond acceptors (Lipinski definition) is 7. The van der Waals surface area contributed by atoms with Crippen LogP contribution in [0.5, 0.6) is 11.6 Å². The zero-order valence-corrected chi connectivity index (χ0v) is 15.8. The number of aromatic nitrogens is 3. The summed E-state index contributed by atoms with van der Waals surface area (Å²) in [6, 6.07) is 6.00. The molecule has 0 amide bonds. The molecule has 25 heavy (non-hydrogen) atoms. The van der Waals surface area contributed by atoms with Gasteiger partial charge in [-0.05, 0) is 39.8 Å². The van der Waals surface area contributed by atoms with Gasteiger partial charge in [-0.15, -0.1) is 11.3 Å². The van der Waals surface area contributed by atoms with Crippen LogP contribution in [0.4, 0.5) is 5.13 Å². The topological polar surface area (TPSA) is 69.2 Å². The molecule has 3 rings (SSSR count). The maximum atomic E-state index is 5.90. The van der Waals surface area contributed by atoms with Gasteiger partial charge in [-0.2, -0.15) is 4.98 Å². The first-order valence-corrected chi connectivity index (χ1v) is 9.09. The van der Waals surface area contributed by atoms with E-state index in [1.807, 2.05) is 37.4 Å². The highest BCUT2D eigenvalue weighted by atomic mass is 32.1. The molecule has 2 aromatic heterocycles. The highest BCUT2D eigenvalue weighted by molar-refractivity contribution is 7.14. The van der Waals surface area contributed by atoms with Gasteiger partial charge in [-0.1, -0.05) is 0 Å². The summed E-state index contributed by atoms with van der Waals surface area (Å²) >= 11 is 1.54. The molecule has 0 unspecified atom stereocenters. The summed E-state index contributed by atoms with van der Waals surface area (Å²) in [6.07, 6.45) is 0.0154. The Morgan fingerprint density at radius 2 is 1.88 bits per heavy atom. The largest absolute Gasteiger partial charge is 0.497 e. The van der Waals surface area contributed by atoms with Gasteiger partial charge in [0, 0.05) is 17.5 Å². The molecule has 0 bridgehead atoms. The molecule has 0 aliphatic heterocycles. The molecule has 3 aromatic rings. The van der Waals surface area contributed by atoms with E-state index in [-0.39, 0.29) is 6.10 Å². The number of fused-ring (bicyclic) bond motifs is 1. The minimum atomic E-state index is 0.0154. The third-order valence-corrected chi connectivity index (χ3v) is 4.14. The molecule has 0 aliphatic carbocycles. The van der Waals surface area contributed by atoms with Crippen LogP contribution in [-0.2, 0) is 0 Å². The molecule has 0 radical (unpaired) electrons. The summed E-state index contributed by atoms with van der Waals surface area (Å²) in [7, 11) is 1.64. The molecule has 0 fully saturated rings. The van der Waals surface area contributed by atoms with Crippen LogP contribution in [0, 0.1) is 0 Å². The Morgan fingerprint density at radius 3 is 2.56 bits per heavy atom. The normalized spacial score (nSPS) is 11.3. The molecule has 0 saturated heterocycles. The first-order chi connectivity index (χ1) is 12.0. The molecule has 1 aromatic carbocycles. The van der Waals surface area contributed by atoms with Gasteiger partial charge >= 0.3 is 0 Å². The van der Waals surface area contributed by atoms with Crippen molar-refractivity contribution in [2.24, 2.45) is 0 Å². The van der Waals surface area contributed by atoms with Crippen LogP contribution in [0.15, 0.2) is 23.6 Å². The van der Waals surface area contributed by atoms with E-state index in [1.54, 1.807) is 7.11 Å². The number of hydrogen-bond donors (Lipinski definition) is 1. The van der Waals surface area contributed by atoms with E-state index in [9.17, 15) is 0 Å². The first-order valence-electron chi connectivity index (χ1n) is 8.21. The van der Waals surface area contributed by atoms with Crippen molar-refractivity contribution >= 4 is 27.4 Å². The summed E-state index contributed by atoms with van der Waals surface area (Å²) in [5.74, 6) is 1.85. The van der Waals surface area contributed by atoms with Crippen molar-refractivity contribution in [1.29, 1.82) is 0 Å². The molecule has 0 saturated carbocycles. The fourth-order valence-corrected chi connectivity index (χ4v) is 3.16. The van der Waals surface area contributed by atoms with Gasteiger partial charge in [0.05, 0.1) is 24.1 Å². The number of benzene rings is 1. The molecule has 2 heterocycles. The number of nitrogens with zero attached hydrogens (tertiary/aromatic N) is 3. The number of nitrogens with one attached hydrogen (secondary N) is 1. The standard InChI is InChI=1S/C18H22N4O2S/c1-10(2)19-18-21-15(9-25-18)16-20-14-8-12(23-5)6-7-13(14)17(22-16)24-11(3)4/h6-11H,1-5H3,(H,19,21). The Balaban J connectivity index is 2.09. The zero-order chi connectivity index (χ0) is 18.0. The predicted molar refractivity (Wildman–Crippen MR) is 102 cm³/mol. The van der Waals surface area contributed by atoms with E-state index in [2.05, 4.69) is 34.1 Å². The maximum absolute atomic E-state index is 5.90. The Labute approximate surface area is 151 Å². The summed E-state index contributed by atoms with van der Waals surface area (Å²) in [5, 5.41) is 6.96. The van der Waals surface area contributed by atoms with Crippen LogP contribution in [0.3, 0.4) is 0 Å². The molecule has 132 valence electrons. The van der Waals surface area contributed by atoms with Crippen LogP contribution in [0.2, 0.25) is 0 Å². The Bertz CT molecular complexity index is 877. The predicted octanol–water partition coefficient (Wildman–Crippen LogP) is 4.37. The fourth-order valence-electron chi connectivity index (χ4n) is 2.32. The Morgan fingerprint density at radius 1 is 1.08 bits per heavy atom. The zero-order valence-electron chi connectivity index (χ0n) is 15.0. The van der Waals surface area contributed by atoms with Crippen LogP contribution >= 0.6 is 11.3 Å². The first kappa shape index (κ1) is 17.4. The van der Waals surface area contributed by atoms with Crippen molar-refractivity contribution in [3.05, 3.63) is 23.6 Å². The molecular formula is C18H22N4O2S. The lowest BCUT2D eigenvalue weighted by Crippen LogP contribution is -2.09. The van der Waals surface area contributed by atoms with E-state index < -0.39 is 0 Å². The van der Waals surface area contributed by atoms with Crippen LogP contribution in [-0.4, -0.2) is 34.2 Å². The highest BCUT2D eigenvalue weighted by Gasteiger charge is 2.15. The highest BCUT2D eigenvalue weighted by Crippen LogP contribution is 2.31.